The Morgan fingerprint density at radius 3 is 2.29 bits per heavy atom. The van der Waals surface area contributed by atoms with Gasteiger partial charge in [-0.3, -0.25) is 0 Å². The van der Waals surface area contributed by atoms with Gasteiger partial charge in [-0.25, -0.2) is 0 Å². The molecule has 0 spiro atoms. The maximum atomic E-state index is 5.29. The summed E-state index contributed by atoms with van der Waals surface area (Å²) in [6.45, 7) is 1.96. The molecule has 0 aliphatic carbocycles. The van der Waals surface area contributed by atoms with Crippen molar-refractivity contribution >= 4 is 17.2 Å². The van der Waals surface area contributed by atoms with Crippen LogP contribution in [-0.2, 0) is 0 Å². The molecule has 7 heavy (non-hydrogen) atoms. The summed E-state index contributed by atoms with van der Waals surface area (Å²) in [4.78, 5) is 0.652. The summed E-state index contributed by atoms with van der Waals surface area (Å²) < 4.78 is 0. The first kappa shape index (κ1) is 5.00. The van der Waals surface area contributed by atoms with Gasteiger partial charge in [0.05, 0.1) is 4.99 Å². The third-order valence-corrected chi connectivity index (χ3v) is 1.52. The van der Waals surface area contributed by atoms with Gasteiger partial charge < -0.3 is 11.1 Å². The van der Waals surface area contributed by atoms with E-state index in [0.29, 0.717) is 10.9 Å². The standard InChI is InChI=1S/C4H8N2S/c5-4(7)3-1-6-2-3/h3,6H,1-2H2,(H2,5,7). The number of nitrogens with two attached hydrogens (primary N) is 1. The maximum absolute atomic E-state index is 5.29. The molecular formula is C4H8N2S. The van der Waals surface area contributed by atoms with Crippen LogP contribution in [0.2, 0.25) is 0 Å². The molecule has 0 aromatic rings. The van der Waals surface area contributed by atoms with Gasteiger partial charge in [0.2, 0.25) is 0 Å². The van der Waals surface area contributed by atoms with Crippen molar-refractivity contribution in [2.45, 2.75) is 0 Å². The molecule has 0 unspecified atom stereocenters. The van der Waals surface area contributed by atoms with Crippen molar-refractivity contribution in [2.24, 2.45) is 11.7 Å². The lowest BCUT2D eigenvalue weighted by Gasteiger charge is -2.25. The van der Waals surface area contributed by atoms with E-state index in [0.717, 1.165) is 13.1 Å². The molecule has 1 saturated heterocycles. The van der Waals surface area contributed by atoms with Crippen LogP contribution < -0.4 is 11.1 Å². The highest BCUT2D eigenvalue weighted by Gasteiger charge is 2.18. The Morgan fingerprint density at radius 2 is 2.29 bits per heavy atom. The summed E-state index contributed by atoms with van der Waals surface area (Å²) in [5, 5.41) is 3.08. The number of nitrogens with one attached hydrogen (secondary N) is 1. The van der Waals surface area contributed by atoms with Crippen LogP contribution in [0.4, 0.5) is 0 Å². The Balaban J connectivity index is 2.27. The van der Waals surface area contributed by atoms with Crippen LogP contribution in [0.3, 0.4) is 0 Å². The predicted octanol–water partition coefficient (Wildman–Crippen LogP) is -0.508. The predicted molar refractivity (Wildman–Crippen MR) is 33.1 cm³/mol. The molecule has 1 fully saturated rings. The molecule has 1 aliphatic heterocycles. The molecule has 1 heterocycles. The normalized spacial score (nSPS) is 21.1. The number of hydrogen-bond donors (Lipinski definition) is 2. The molecule has 1 aliphatic rings. The first-order valence-corrected chi connectivity index (χ1v) is 2.71. The summed E-state index contributed by atoms with van der Waals surface area (Å²) in [5.41, 5.74) is 5.29. The first-order valence-electron chi connectivity index (χ1n) is 2.31. The fraction of sp³-hybridized carbons (Fsp3) is 0.750. The molecule has 0 aromatic carbocycles. The summed E-state index contributed by atoms with van der Waals surface area (Å²) in [5.74, 6) is 0.481. The van der Waals surface area contributed by atoms with Crippen molar-refractivity contribution in [3.05, 3.63) is 0 Å². The van der Waals surface area contributed by atoms with Crippen molar-refractivity contribution in [3.8, 4) is 0 Å². The molecule has 3 heteroatoms. The van der Waals surface area contributed by atoms with E-state index in [1.807, 2.05) is 0 Å². The lowest BCUT2D eigenvalue weighted by atomic mass is 10.0. The molecule has 1 rings (SSSR count). The zero-order chi connectivity index (χ0) is 5.28. The third-order valence-electron chi connectivity index (χ3n) is 1.18. The van der Waals surface area contributed by atoms with Gasteiger partial charge in [-0.05, 0) is 0 Å². The highest BCUT2D eigenvalue weighted by Crippen LogP contribution is 2.00. The van der Waals surface area contributed by atoms with E-state index in [2.05, 4.69) is 5.32 Å². The molecule has 0 atom stereocenters. The minimum absolute atomic E-state index is 0.481. The van der Waals surface area contributed by atoms with Gasteiger partial charge in [-0.2, -0.15) is 0 Å². The Hall–Kier alpha value is -0.150. The average molecular weight is 116 g/mol. The molecule has 0 bridgehead atoms. The second kappa shape index (κ2) is 1.76. The van der Waals surface area contributed by atoms with Crippen LogP contribution in [0.15, 0.2) is 0 Å². The van der Waals surface area contributed by atoms with Crippen molar-refractivity contribution < 1.29 is 0 Å². The number of thiocarbonyl (C=S) groups is 1. The summed E-state index contributed by atoms with van der Waals surface area (Å²) in [6.07, 6.45) is 0. The highest BCUT2D eigenvalue weighted by atomic mass is 32.1. The van der Waals surface area contributed by atoms with Gasteiger partial charge in [-0.1, -0.05) is 12.2 Å². The first-order chi connectivity index (χ1) is 3.30. The van der Waals surface area contributed by atoms with Crippen LogP contribution in [-0.4, -0.2) is 18.1 Å². The van der Waals surface area contributed by atoms with Gasteiger partial charge in [-0.15, -0.1) is 0 Å². The Bertz CT molecular complexity index is 87.7. The van der Waals surface area contributed by atoms with Crippen LogP contribution in [0.1, 0.15) is 0 Å². The van der Waals surface area contributed by atoms with E-state index >= 15 is 0 Å². The topological polar surface area (TPSA) is 38.0 Å². The Kier molecular flexibility index (Phi) is 1.25. The zero-order valence-electron chi connectivity index (χ0n) is 3.98. The van der Waals surface area contributed by atoms with E-state index in [-0.39, 0.29) is 0 Å². The minimum Gasteiger partial charge on any atom is -0.393 e. The van der Waals surface area contributed by atoms with Crippen LogP contribution >= 0.6 is 12.2 Å². The highest BCUT2D eigenvalue weighted by molar-refractivity contribution is 7.80. The molecular weight excluding hydrogens is 108 g/mol. The fourth-order valence-corrected chi connectivity index (χ4v) is 0.657. The second-order valence-electron chi connectivity index (χ2n) is 1.76. The Morgan fingerprint density at radius 1 is 1.71 bits per heavy atom. The van der Waals surface area contributed by atoms with Crippen molar-refractivity contribution in [1.29, 1.82) is 0 Å². The van der Waals surface area contributed by atoms with Crippen LogP contribution in [0.25, 0.3) is 0 Å². The van der Waals surface area contributed by atoms with Crippen molar-refractivity contribution in [2.75, 3.05) is 13.1 Å². The van der Waals surface area contributed by atoms with E-state index in [9.17, 15) is 0 Å². The fourth-order valence-electron chi connectivity index (χ4n) is 0.490. The quantitative estimate of drug-likeness (QED) is 0.453. The van der Waals surface area contributed by atoms with E-state index in [4.69, 9.17) is 18.0 Å². The van der Waals surface area contributed by atoms with Gasteiger partial charge in [0.15, 0.2) is 0 Å². The summed E-state index contributed by atoms with van der Waals surface area (Å²) in [6, 6.07) is 0. The second-order valence-corrected chi connectivity index (χ2v) is 2.23. The molecule has 0 aromatic heterocycles. The largest absolute Gasteiger partial charge is 0.393 e. The Labute approximate surface area is 48.1 Å². The van der Waals surface area contributed by atoms with Gasteiger partial charge >= 0.3 is 0 Å². The number of hydrogen-bond acceptors (Lipinski definition) is 2. The monoisotopic (exact) mass is 116 g/mol. The van der Waals surface area contributed by atoms with E-state index < -0.39 is 0 Å². The smallest absolute Gasteiger partial charge is 0.0784 e. The SMILES string of the molecule is NC(=S)C1CNC1. The van der Waals surface area contributed by atoms with Crippen molar-refractivity contribution in [1.82, 2.24) is 5.32 Å². The molecule has 40 valence electrons. The zero-order valence-corrected chi connectivity index (χ0v) is 4.79. The van der Waals surface area contributed by atoms with Gasteiger partial charge in [0, 0.05) is 19.0 Å². The maximum Gasteiger partial charge on any atom is 0.0784 e. The molecule has 2 nitrogen and oxygen atoms in total. The van der Waals surface area contributed by atoms with Crippen LogP contribution in [0, 0.1) is 5.92 Å². The van der Waals surface area contributed by atoms with Gasteiger partial charge in [0.25, 0.3) is 0 Å². The summed E-state index contributed by atoms with van der Waals surface area (Å²) >= 11 is 4.71. The van der Waals surface area contributed by atoms with Crippen LogP contribution in [0.5, 0.6) is 0 Å². The average Bonchev–Trinajstić information content (AvgIpc) is 1.23. The lowest BCUT2D eigenvalue weighted by Crippen LogP contribution is -2.48. The molecule has 0 amide bonds. The van der Waals surface area contributed by atoms with E-state index in [1.165, 1.54) is 0 Å². The van der Waals surface area contributed by atoms with E-state index in [1.54, 1.807) is 0 Å². The number of rotatable bonds is 1. The molecule has 0 saturated carbocycles. The lowest BCUT2D eigenvalue weighted by molar-refractivity contribution is 0.445. The molecule has 0 radical (unpaired) electrons. The van der Waals surface area contributed by atoms with Crippen molar-refractivity contribution in [3.63, 3.8) is 0 Å². The van der Waals surface area contributed by atoms with Gasteiger partial charge in [0.1, 0.15) is 0 Å². The molecule has 3 N–H and O–H groups in total. The third kappa shape index (κ3) is 0.894. The minimum atomic E-state index is 0.481. The summed E-state index contributed by atoms with van der Waals surface area (Å²) in [7, 11) is 0.